The summed E-state index contributed by atoms with van der Waals surface area (Å²) in [5.74, 6) is 0. The van der Waals surface area contributed by atoms with E-state index in [4.69, 9.17) is 0 Å². The molecule has 0 heterocycles. The van der Waals surface area contributed by atoms with Gasteiger partial charge in [0.25, 0.3) is 0 Å². The van der Waals surface area contributed by atoms with Crippen LogP contribution in [0.2, 0.25) is 0 Å². The zero-order valence-corrected chi connectivity index (χ0v) is 17.0. The summed E-state index contributed by atoms with van der Waals surface area (Å²) in [6.45, 7) is 9.07. The molecule has 108 valence electrons. The molecule has 19 heavy (non-hydrogen) atoms. The fourth-order valence-electron chi connectivity index (χ4n) is 1.32. The Morgan fingerprint density at radius 2 is 0.842 bits per heavy atom. The molecule has 2 aliphatic rings. The van der Waals surface area contributed by atoms with Crippen LogP contribution in [0.25, 0.3) is 0 Å². The van der Waals surface area contributed by atoms with Crippen molar-refractivity contribution in [3.8, 4) is 0 Å². The summed E-state index contributed by atoms with van der Waals surface area (Å²) in [5.41, 5.74) is 3.00. The van der Waals surface area contributed by atoms with E-state index < -0.39 is 0 Å². The minimum absolute atomic E-state index is 0. The molecule has 0 saturated heterocycles. The molecular formula is C14H20BrFeNiP2+3. The van der Waals surface area contributed by atoms with Crippen molar-refractivity contribution in [2.75, 3.05) is 26.7 Å². The van der Waals surface area contributed by atoms with Gasteiger partial charge < -0.3 is 17.0 Å². The van der Waals surface area contributed by atoms with Gasteiger partial charge in [0.15, 0.2) is 0 Å². The van der Waals surface area contributed by atoms with Crippen molar-refractivity contribution in [2.45, 2.75) is 0 Å². The van der Waals surface area contributed by atoms with Crippen molar-refractivity contribution >= 4 is 15.8 Å². The van der Waals surface area contributed by atoms with Crippen molar-refractivity contribution in [3.63, 3.8) is 0 Å². The SMILES string of the molecule is CP(C)[C]1[CH][CH][CH][CH]1.CP(C)[C]1[CH][CH][CH][CH]1.[Br-].[Fe+2].[Ni+2]. The summed E-state index contributed by atoms with van der Waals surface area (Å²) in [7, 11) is 0.283. The molecule has 2 saturated carbocycles. The second-order valence-electron chi connectivity index (χ2n) is 4.08. The fourth-order valence-corrected chi connectivity index (χ4v) is 2.86. The molecule has 0 aromatic rings. The monoisotopic (exact) mass is 443 g/mol. The van der Waals surface area contributed by atoms with E-state index in [1.54, 1.807) is 0 Å². The average Bonchev–Trinajstić information content (AvgIpc) is 2.93. The zero-order chi connectivity index (χ0) is 12.0. The van der Waals surface area contributed by atoms with Crippen molar-refractivity contribution in [1.29, 1.82) is 0 Å². The zero-order valence-electron chi connectivity index (χ0n) is 11.6. The average molecular weight is 445 g/mol. The number of hydrogen-bond acceptors (Lipinski definition) is 0. The van der Waals surface area contributed by atoms with Crippen molar-refractivity contribution < 1.29 is 50.5 Å². The molecule has 0 spiro atoms. The number of halogens is 1. The predicted molar refractivity (Wildman–Crippen MR) is 78.4 cm³/mol. The van der Waals surface area contributed by atoms with Gasteiger partial charge >= 0.3 is 33.6 Å². The maximum absolute atomic E-state index is 2.27. The quantitative estimate of drug-likeness (QED) is 0.443. The van der Waals surface area contributed by atoms with Crippen LogP contribution in [-0.4, -0.2) is 26.7 Å². The first kappa shape index (κ1) is 26.3. The van der Waals surface area contributed by atoms with Crippen molar-refractivity contribution in [2.24, 2.45) is 0 Å². The normalized spacial score (nSPS) is 19.3. The molecule has 0 bridgehead atoms. The molecule has 0 atom stereocenters. The Labute approximate surface area is 155 Å². The van der Waals surface area contributed by atoms with Gasteiger partial charge in [0, 0.05) is 11.3 Å². The Balaban J connectivity index is -0.000000233. The molecule has 2 aliphatic carbocycles. The minimum Gasteiger partial charge on any atom is -1.00 e. The summed E-state index contributed by atoms with van der Waals surface area (Å²) in [6, 6.07) is 0. The predicted octanol–water partition coefficient (Wildman–Crippen LogP) is 1.18. The molecule has 10 radical (unpaired) electrons. The van der Waals surface area contributed by atoms with Crippen LogP contribution in [0.5, 0.6) is 0 Å². The minimum atomic E-state index is 0. The van der Waals surface area contributed by atoms with Gasteiger partial charge in [-0.3, -0.25) is 0 Å². The van der Waals surface area contributed by atoms with Gasteiger partial charge in [0.1, 0.15) is 0 Å². The van der Waals surface area contributed by atoms with E-state index in [1.165, 1.54) is 11.3 Å². The molecule has 0 aliphatic heterocycles. The molecular weight excluding hydrogens is 425 g/mol. The van der Waals surface area contributed by atoms with E-state index in [2.05, 4.69) is 78.0 Å². The van der Waals surface area contributed by atoms with Crippen molar-refractivity contribution in [1.82, 2.24) is 0 Å². The third-order valence-electron chi connectivity index (χ3n) is 2.32. The van der Waals surface area contributed by atoms with E-state index in [-0.39, 0.29) is 66.4 Å². The number of rotatable bonds is 2. The molecule has 5 heteroatoms. The van der Waals surface area contributed by atoms with Crippen LogP contribution in [0.1, 0.15) is 0 Å². The van der Waals surface area contributed by atoms with Crippen molar-refractivity contribution in [3.05, 3.63) is 62.7 Å². The van der Waals surface area contributed by atoms with Crippen LogP contribution in [0, 0.1) is 62.7 Å². The molecule has 0 N–H and O–H groups in total. The molecule has 0 nitrogen and oxygen atoms in total. The van der Waals surface area contributed by atoms with Crippen LogP contribution < -0.4 is 17.0 Å². The van der Waals surface area contributed by atoms with E-state index in [1.807, 2.05) is 0 Å². The Morgan fingerprint density at radius 3 is 0.947 bits per heavy atom. The van der Waals surface area contributed by atoms with Crippen LogP contribution in [0.4, 0.5) is 0 Å². The first-order valence-electron chi connectivity index (χ1n) is 5.39. The Kier molecular flexibility index (Phi) is 21.1. The molecule has 0 aromatic heterocycles. The van der Waals surface area contributed by atoms with E-state index in [0.717, 1.165) is 0 Å². The third kappa shape index (κ3) is 11.6. The largest absolute Gasteiger partial charge is 2.00 e. The second-order valence-corrected chi connectivity index (χ2v) is 8.69. The van der Waals surface area contributed by atoms with Gasteiger partial charge in [-0.15, -0.1) is 15.8 Å². The Hall–Kier alpha value is 2.35. The smallest absolute Gasteiger partial charge is 1.00 e. The van der Waals surface area contributed by atoms with Gasteiger partial charge in [0.2, 0.25) is 0 Å². The molecule has 2 fully saturated rings. The fraction of sp³-hybridized carbons (Fsp3) is 0.286. The van der Waals surface area contributed by atoms with Crippen LogP contribution >= 0.6 is 15.8 Å². The summed E-state index contributed by atoms with van der Waals surface area (Å²) < 4.78 is 0. The molecule has 0 unspecified atom stereocenters. The van der Waals surface area contributed by atoms with Gasteiger partial charge in [0.05, 0.1) is 0 Å². The second kappa shape index (κ2) is 15.3. The molecule has 0 aromatic carbocycles. The van der Waals surface area contributed by atoms with Gasteiger partial charge in [-0.05, 0) is 78.0 Å². The summed E-state index contributed by atoms with van der Waals surface area (Å²) >= 11 is 0. The summed E-state index contributed by atoms with van der Waals surface area (Å²) in [6.07, 6.45) is 17.1. The first-order chi connectivity index (χ1) is 7.61. The maximum Gasteiger partial charge on any atom is 2.00 e. The van der Waals surface area contributed by atoms with Crippen LogP contribution in [0.3, 0.4) is 0 Å². The Morgan fingerprint density at radius 1 is 0.632 bits per heavy atom. The molecule has 2 rings (SSSR count). The van der Waals surface area contributed by atoms with E-state index in [9.17, 15) is 0 Å². The van der Waals surface area contributed by atoms with E-state index in [0.29, 0.717) is 0 Å². The standard InChI is InChI=1S/2C7H10P.BrH.Fe.Ni/c2*1-8(2)7-5-3-4-6-7;;;/h2*3-6H,1-2H3;1H;;/q;;;2*+2/p-1. The topological polar surface area (TPSA) is 0 Å². The summed E-state index contributed by atoms with van der Waals surface area (Å²) in [4.78, 5) is 0. The van der Waals surface area contributed by atoms with Gasteiger partial charge in [-0.2, -0.15) is 0 Å². The third-order valence-corrected chi connectivity index (χ3v) is 4.98. The van der Waals surface area contributed by atoms with Crippen LogP contribution in [-0.2, 0) is 33.6 Å². The Bertz CT molecular complexity index is 162. The van der Waals surface area contributed by atoms with E-state index >= 15 is 0 Å². The van der Waals surface area contributed by atoms with Crippen LogP contribution in [0.15, 0.2) is 0 Å². The van der Waals surface area contributed by atoms with Gasteiger partial charge in [-0.1, -0.05) is 0 Å². The van der Waals surface area contributed by atoms with Gasteiger partial charge in [-0.25, -0.2) is 0 Å². The number of hydrogen-bond donors (Lipinski definition) is 0. The molecule has 0 amide bonds. The first-order valence-corrected chi connectivity index (χ1v) is 9.86. The summed E-state index contributed by atoms with van der Waals surface area (Å²) in [5, 5.41) is 0. The maximum atomic E-state index is 2.27.